The number of aromatic hydroxyl groups is 1. The van der Waals surface area contributed by atoms with E-state index in [1.165, 1.54) is 12.8 Å². The SMILES string of the molecule is [CH2]CCCCCc1ccccc1O. The van der Waals surface area contributed by atoms with E-state index in [9.17, 15) is 5.11 Å². The quantitative estimate of drug-likeness (QED) is 0.684. The van der Waals surface area contributed by atoms with Crippen LogP contribution in [0.1, 0.15) is 31.2 Å². The fraction of sp³-hybridized carbons (Fsp3) is 0.417. The minimum atomic E-state index is 0.428. The van der Waals surface area contributed by atoms with E-state index in [4.69, 9.17) is 0 Å². The second-order valence-electron chi connectivity index (χ2n) is 3.29. The van der Waals surface area contributed by atoms with Crippen LogP contribution in [0.5, 0.6) is 5.75 Å². The molecule has 1 rings (SSSR count). The van der Waals surface area contributed by atoms with Crippen LogP contribution in [-0.2, 0) is 6.42 Å². The lowest BCUT2D eigenvalue weighted by Crippen LogP contribution is -1.86. The largest absolute Gasteiger partial charge is 0.508 e. The van der Waals surface area contributed by atoms with Gasteiger partial charge in [0.05, 0.1) is 0 Å². The van der Waals surface area contributed by atoms with E-state index in [2.05, 4.69) is 6.92 Å². The first-order valence-electron chi connectivity index (χ1n) is 4.90. The van der Waals surface area contributed by atoms with Crippen molar-refractivity contribution in [1.29, 1.82) is 0 Å². The van der Waals surface area contributed by atoms with Gasteiger partial charge in [0.2, 0.25) is 0 Å². The third-order valence-corrected chi connectivity index (χ3v) is 2.19. The van der Waals surface area contributed by atoms with Gasteiger partial charge in [-0.1, -0.05) is 44.4 Å². The van der Waals surface area contributed by atoms with Gasteiger partial charge >= 0.3 is 0 Å². The highest BCUT2D eigenvalue weighted by atomic mass is 16.3. The molecule has 1 aromatic carbocycles. The fourth-order valence-corrected chi connectivity index (χ4v) is 1.39. The van der Waals surface area contributed by atoms with E-state index in [1.54, 1.807) is 6.07 Å². The van der Waals surface area contributed by atoms with Crippen molar-refractivity contribution >= 4 is 0 Å². The van der Waals surface area contributed by atoms with Crippen LogP contribution >= 0.6 is 0 Å². The van der Waals surface area contributed by atoms with Gasteiger partial charge in [0.25, 0.3) is 0 Å². The maximum atomic E-state index is 9.45. The van der Waals surface area contributed by atoms with E-state index >= 15 is 0 Å². The minimum absolute atomic E-state index is 0.428. The molecule has 1 nitrogen and oxygen atoms in total. The van der Waals surface area contributed by atoms with E-state index in [0.29, 0.717) is 5.75 Å². The lowest BCUT2D eigenvalue weighted by molar-refractivity contribution is 0.466. The summed E-state index contributed by atoms with van der Waals surface area (Å²) in [5.74, 6) is 0.428. The maximum Gasteiger partial charge on any atom is 0.118 e. The van der Waals surface area contributed by atoms with Crippen LogP contribution in [0.4, 0.5) is 0 Å². The van der Waals surface area contributed by atoms with Crippen molar-refractivity contribution in [3.63, 3.8) is 0 Å². The molecule has 0 atom stereocenters. The van der Waals surface area contributed by atoms with Gasteiger partial charge in [-0.15, -0.1) is 0 Å². The summed E-state index contributed by atoms with van der Waals surface area (Å²) in [6.07, 6.45) is 5.53. The number of rotatable bonds is 5. The van der Waals surface area contributed by atoms with Crippen LogP contribution in [0.3, 0.4) is 0 Å². The third-order valence-electron chi connectivity index (χ3n) is 2.19. The first-order valence-corrected chi connectivity index (χ1v) is 4.90. The number of para-hydroxylation sites is 1. The predicted octanol–water partition coefficient (Wildman–Crippen LogP) is 3.33. The number of hydrogen-bond donors (Lipinski definition) is 1. The van der Waals surface area contributed by atoms with Gasteiger partial charge < -0.3 is 5.11 Å². The van der Waals surface area contributed by atoms with E-state index < -0.39 is 0 Å². The summed E-state index contributed by atoms with van der Waals surface area (Å²) in [5, 5.41) is 9.45. The summed E-state index contributed by atoms with van der Waals surface area (Å²) in [7, 11) is 0. The second kappa shape index (κ2) is 5.63. The standard InChI is InChI=1S/C12H17O/c1-2-3-4-5-8-11-9-6-7-10-12(11)13/h6-7,9-10,13H,1-5,8H2. The Labute approximate surface area is 80.4 Å². The van der Waals surface area contributed by atoms with E-state index in [0.717, 1.165) is 24.8 Å². The highest BCUT2D eigenvalue weighted by molar-refractivity contribution is 5.31. The monoisotopic (exact) mass is 177 g/mol. The molecule has 0 unspecified atom stereocenters. The molecule has 0 spiro atoms. The summed E-state index contributed by atoms with van der Waals surface area (Å²) < 4.78 is 0. The first-order chi connectivity index (χ1) is 6.34. The summed E-state index contributed by atoms with van der Waals surface area (Å²) in [6.45, 7) is 3.80. The molecule has 1 aromatic rings. The zero-order valence-electron chi connectivity index (χ0n) is 8.00. The highest BCUT2D eigenvalue weighted by Crippen LogP contribution is 2.18. The van der Waals surface area contributed by atoms with E-state index in [1.807, 2.05) is 18.2 Å². The highest BCUT2D eigenvalue weighted by Gasteiger charge is 1.98. The number of unbranched alkanes of at least 4 members (excludes halogenated alkanes) is 3. The Morgan fingerprint density at radius 2 is 1.85 bits per heavy atom. The lowest BCUT2D eigenvalue weighted by atomic mass is 10.1. The van der Waals surface area contributed by atoms with Gasteiger partial charge in [-0.05, 0) is 24.5 Å². The Balaban J connectivity index is 2.32. The van der Waals surface area contributed by atoms with Crippen molar-refractivity contribution < 1.29 is 5.11 Å². The molecular formula is C12H17O. The summed E-state index contributed by atoms with van der Waals surface area (Å²) >= 11 is 0. The average molecular weight is 177 g/mol. The number of aryl methyl sites for hydroxylation is 1. The molecule has 0 aliphatic heterocycles. The molecule has 0 saturated heterocycles. The lowest BCUT2D eigenvalue weighted by Gasteiger charge is -2.02. The predicted molar refractivity (Wildman–Crippen MR) is 55.6 cm³/mol. The van der Waals surface area contributed by atoms with Crippen molar-refractivity contribution in [2.45, 2.75) is 32.1 Å². The number of benzene rings is 1. The molecule has 0 aliphatic rings. The van der Waals surface area contributed by atoms with Crippen molar-refractivity contribution in [2.24, 2.45) is 0 Å². The average Bonchev–Trinajstić information content (AvgIpc) is 2.15. The van der Waals surface area contributed by atoms with Crippen LogP contribution in [-0.4, -0.2) is 5.11 Å². The topological polar surface area (TPSA) is 20.2 Å². The second-order valence-corrected chi connectivity index (χ2v) is 3.29. The molecule has 0 saturated carbocycles. The summed E-state index contributed by atoms with van der Waals surface area (Å²) in [5.41, 5.74) is 1.06. The molecule has 71 valence electrons. The number of phenols is 1. The normalized spacial score (nSPS) is 10.2. The summed E-state index contributed by atoms with van der Waals surface area (Å²) in [6, 6.07) is 7.56. The molecule has 0 amide bonds. The Kier molecular flexibility index (Phi) is 4.37. The first kappa shape index (κ1) is 10.1. The van der Waals surface area contributed by atoms with Gasteiger partial charge in [-0.3, -0.25) is 0 Å². The van der Waals surface area contributed by atoms with Crippen LogP contribution in [0.15, 0.2) is 24.3 Å². The zero-order valence-corrected chi connectivity index (χ0v) is 8.00. The Hall–Kier alpha value is -0.980. The van der Waals surface area contributed by atoms with Gasteiger partial charge in [-0.2, -0.15) is 0 Å². The Morgan fingerprint density at radius 3 is 2.54 bits per heavy atom. The van der Waals surface area contributed by atoms with Gasteiger partial charge in [0.1, 0.15) is 5.75 Å². The molecule has 0 aromatic heterocycles. The number of hydrogen-bond acceptors (Lipinski definition) is 1. The summed E-state index contributed by atoms with van der Waals surface area (Å²) in [4.78, 5) is 0. The van der Waals surface area contributed by atoms with Gasteiger partial charge in [0.15, 0.2) is 0 Å². The zero-order chi connectivity index (χ0) is 9.52. The van der Waals surface area contributed by atoms with Crippen molar-refractivity contribution in [3.8, 4) is 5.75 Å². The van der Waals surface area contributed by atoms with Gasteiger partial charge in [-0.25, -0.2) is 0 Å². The third kappa shape index (κ3) is 3.49. The van der Waals surface area contributed by atoms with Crippen LogP contribution in [0.2, 0.25) is 0 Å². The van der Waals surface area contributed by atoms with Crippen LogP contribution in [0, 0.1) is 6.92 Å². The molecule has 0 fully saturated rings. The van der Waals surface area contributed by atoms with Crippen LogP contribution < -0.4 is 0 Å². The van der Waals surface area contributed by atoms with Crippen molar-refractivity contribution in [1.82, 2.24) is 0 Å². The molecule has 1 heteroatoms. The minimum Gasteiger partial charge on any atom is -0.508 e. The molecular weight excluding hydrogens is 160 g/mol. The molecule has 1 radical (unpaired) electrons. The fourth-order valence-electron chi connectivity index (χ4n) is 1.39. The van der Waals surface area contributed by atoms with E-state index in [-0.39, 0.29) is 0 Å². The molecule has 0 aliphatic carbocycles. The van der Waals surface area contributed by atoms with Crippen molar-refractivity contribution in [3.05, 3.63) is 36.8 Å². The van der Waals surface area contributed by atoms with Crippen LogP contribution in [0.25, 0.3) is 0 Å². The van der Waals surface area contributed by atoms with Gasteiger partial charge in [0, 0.05) is 0 Å². The molecule has 1 N–H and O–H groups in total. The molecule has 0 heterocycles. The maximum absolute atomic E-state index is 9.45. The Morgan fingerprint density at radius 1 is 1.08 bits per heavy atom. The smallest absolute Gasteiger partial charge is 0.118 e. The number of phenolic OH excluding ortho intramolecular Hbond substituents is 1. The molecule has 13 heavy (non-hydrogen) atoms. The van der Waals surface area contributed by atoms with Crippen molar-refractivity contribution in [2.75, 3.05) is 0 Å². The molecule has 0 bridgehead atoms. The Bertz CT molecular complexity index is 243.